The Labute approximate surface area is 197 Å². The third kappa shape index (κ3) is 5.59. The van der Waals surface area contributed by atoms with Crippen molar-refractivity contribution >= 4 is 23.3 Å². The van der Waals surface area contributed by atoms with Crippen LogP contribution < -0.4 is 10.2 Å². The van der Waals surface area contributed by atoms with Crippen molar-refractivity contribution in [3.05, 3.63) is 95.1 Å². The maximum Gasteiger partial charge on any atom is 0.416 e. The number of carbonyl (C=O) groups excluding carboxylic acids is 2. The van der Waals surface area contributed by atoms with Crippen molar-refractivity contribution in [3.63, 3.8) is 0 Å². The molecule has 3 amide bonds. The number of hydrogen-bond acceptors (Lipinski definition) is 2. The van der Waals surface area contributed by atoms with Crippen molar-refractivity contribution in [3.8, 4) is 0 Å². The van der Waals surface area contributed by atoms with E-state index in [4.69, 9.17) is 0 Å². The van der Waals surface area contributed by atoms with E-state index in [2.05, 4.69) is 5.32 Å². The molecule has 0 radical (unpaired) electrons. The van der Waals surface area contributed by atoms with Crippen LogP contribution >= 0.6 is 0 Å². The lowest BCUT2D eigenvalue weighted by atomic mass is 10.1. The number of halogens is 5. The van der Waals surface area contributed by atoms with Gasteiger partial charge in [0.1, 0.15) is 11.6 Å². The van der Waals surface area contributed by atoms with Gasteiger partial charge >= 0.3 is 12.2 Å². The highest BCUT2D eigenvalue weighted by Gasteiger charge is 2.31. The molecule has 10 heteroatoms. The van der Waals surface area contributed by atoms with Gasteiger partial charge in [0.05, 0.1) is 12.1 Å². The summed E-state index contributed by atoms with van der Waals surface area (Å²) in [5.41, 5.74) is -0.315. The van der Waals surface area contributed by atoms with Crippen LogP contribution in [0, 0.1) is 11.6 Å². The number of benzene rings is 3. The Bertz CT molecular complexity index is 1260. The number of urea groups is 1. The fourth-order valence-electron chi connectivity index (χ4n) is 3.83. The second-order valence-corrected chi connectivity index (χ2v) is 8.03. The van der Waals surface area contributed by atoms with E-state index in [1.807, 2.05) is 0 Å². The summed E-state index contributed by atoms with van der Waals surface area (Å²) in [5, 5.41) is 2.55. The zero-order valence-corrected chi connectivity index (χ0v) is 18.3. The Morgan fingerprint density at radius 3 is 2.49 bits per heavy atom. The van der Waals surface area contributed by atoms with E-state index in [-0.39, 0.29) is 23.4 Å². The molecule has 0 unspecified atom stereocenters. The number of nitrogens with one attached hydrogen (secondary N) is 1. The highest BCUT2D eigenvalue weighted by molar-refractivity contribution is 6.05. The maximum atomic E-state index is 14.1. The van der Waals surface area contributed by atoms with Gasteiger partial charge in [0.15, 0.2) is 0 Å². The van der Waals surface area contributed by atoms with Crippen LogP contribution in [-0.4, -0.2) is 29.9 Å². The third-order valence-corrected chi connectivity index (χ3v) is 5.55. The number of amides is 3. The van der Waals surface area contributed by atoms with Gasteiger partial charge in [-0.2, -0.15) is 13.2 Å². The Morgan fingerprint density at radius 2 is 1.71 bits per heavy atom. The fourth-order valence-corrected chi connectivity index (χ4v) is 3.83. The molecule has 0 aromatic heterocycles. The predicted octanol–water partition coefficient (Wildman–Crippen LogP) is 6.07. The summed E-state index contributed by atoms with van der Waals surface area (Å²) in [7, 11) is 0. The van der Waals surface area contributed by atoms with Gasteiger partial charge in [0.2, 0.25) is 0 Å². The van der Waals surface area contributed by atoms with E-state index in [1.54, 1.807) is 18.2 Å². The standard InChI is InChI=1S/C25H20F5N3O2/c26-19-8-9-22(27)17(13-19)15-32-10-3-11-33(24(32)35)21-7-2-6-20(14-21)31-23(34)16-4-1-5-18(12-16)25(28,29)30/h1-2,4-9,12-14H,3,10-11,15H2,(H,31,34). The molecule has 0 aliphatic carbocycles. The van der Waals surface area contributed by atoms with Gasteiger partial charge < -0.3 is 10.2 Å². The molecule has 1 N–H and O–H groups in total. The summed E-state index contributed by atoms with van der Waals surface area (Å²) in [4.78, 5) is 28.4. The Hall–Kier alpha value is -3.95. The summed E-state index contributed by atoms with van der Waals surface area (Å²) >= 11 is 0. The van der Waals surface area contributed by atoms with Crippen LogP contribution in [0.1, 0.15) is 27.9 Å². The summed E-state index contributed by atoms with van der Waals surface area (Å²) in [6.07, 6.45) is -4.01. The molecule has 182 valence electrons. The topological polar surface area (TPSA) is 52.7 Å². The summed E-state index contributed by atoms with van der Waals surface area (Å²) in [5.74, 6) is -1.95. The molecule has 0 spiro atoms. The second kappa shape index (κ2) is 9.73. The molecule has 1 aliphatic heterocycles. The Kier molecular flexibility index (Phi) is 6.72. The monoisotopic (exact) mass is 489 g/mol. The third-order valence-electron chi connectivity index (χ3n) is 5.55. The highest BCUT2D eigenvalue weighted by atomic mass is 19.4. The largest absolute Gasteiger partial charge is 0.416 e. The molecule has 1 fully saturated rings. The molecular weight excluding hydrogens is 469 g/mol. The minimum atomic E-state index is -4.58. The number of alkyl halides is 3. The van der Waals surface area contributed by atoms with Crippen molar-refractivity contribution < 1.29 is 31.5 Å². The lowest BCUT2D eigenvalue weighted by Crippen LogP contribution is -2.49. The van der Waals surface area contributed by atoms with Crippen LogP contribution in [0.15, 0.2) is 66.7 Å². The molecule has 0 saturated carbocycles. The van der Waals surface area contributed by atoms with Gasteiger partial charge in [-0.3, -0.25) is 9.69 Å². The van der Waals surface area contributed by atoms with E-state index >= 15 is 0 Å². The van der Waals surface area contributed by atoms with Crippen LogP contribution in [0.4, 0.5) is 38.1 Å². The zero-order valence-electron chi connectivity index (χ0n) is 18.3. The van der Waals surface area contributed by atoms with Crippen molar-refractivity contribution in [2.24, 2.45) is 0 Å². The van der Waals surface area contributed by atoms with Crippen molar-refractivity contribution in [2.75, 3.05) is 23.3 Å². The molecule has 1 heterocycles. The van der Waals surface area contributed by atoms with Crippen molar-refractivity contribution in [1.29, 1.82) is 0 Å². The molecular formula is C25H20F5N3O2. The van der Waals surface area contributed by atoms with E-state index in [9.17, 15) is 31.5 Å². The number of carbonyl (C=O) groups is 2. The zero-order chi connectivity index (χ0) is 25.2. The van der Waals surface area contributed by atoms with E-state index in [1.165, 1.54) is 21.9 Å². The molecule has 1 saturated heterocycles. The summed E-state index contributed by atoms with van der Waals surface area (Å²) in [6.45, 7) is 0.619. The quantitative estimate of drug-likeness (QED) is 0.443. The van der Waals surface area contributed by atoms with Gasteiger partial charge in [0, 0.05) is 35.6 Å². The number of nitrogens with zero attached hydrogens (tertiary/aromatic N) is 2. The van der Waals surface area contributed by atoms with Crippen molar-refractivity contribution in [1.82, 2.24) is 4.90 Å². The predicted molar refractivity (Wildman–Crippen MR) is 120 cm³/mol. The average molecular weight is 489 g/mol. The van der Waals surface area contributed by atoms with Gasteiger partial charge in [-0.05, 0) is 61.0 Å². The lowest BCUT2D eigenvalue weighted by molar-refractivity contribution is -0.137. The summed E-state index contributed by atoms with van der Waals surface area (Å²) < 4.78 is 66.4. The smallest absolute Gasteiger partial charge is 0.322 e. The normalized spacial score (nSPS) is 14.3. The summed E-state index contributed by atoms with van der Waals surface area (Å²) in [6, 6.07) is 13.0. The highest BCUT2D eigenvalue weighted by Crippen LogP contribution is 2.30. The first-order valence-electron chi connectivity index (χ1n) is 10.7. The van der Waals surface area contributed by atoms with E-state index in [0.29, 0.717) is 25.2 Å². The van der Waals surface area contributed by atoms with Gasteiger partial charge in [-0.15, -0.1) is 0 Å². The average Bonchev–Trinajstić information content (AvgIpc) is 2.82. The molecule has 5 nitrogen and oxygen atoms in total. The van der Waals surface area contributed by atoms with E-state index in [0.717, 1.165) is 36.4 Å². The van der Waals surface area contributed by atoms with Crippen LogP contribution in [-0.2, 0) is 12.7 Å². The van der Waals surface area contributed by atoms with Crippen LogP contribution in [0.25, 0.3) is 0 Å². The fraction of sp³-hybridized carbons (Fsp3) is 0.200. The van der Waals surface area contributed by atoms with E-state index < -0.39 is 35.3 Å². The number of rotatable bonds is 5. The first-order chi connectivity index (χ1) is 16.6. The first kappa shape index (κ1) is 24.2. The molecule has 35 heavy (non-hydrogen) atoms. The number of anilines is 2. The van der Waals surface area contributed by atoms with Crippen molar-refractivity contribution in [2.45, 2.75) is 19.1 Å². The molecule has 0 atom stereocenters. The molecule has 3 aromatic carbocycles. The second-order valence-electron chi connectivity index (χ2n) is 8.03. The molecule has 1 aliphatic rings. The van der Waals surface area contributed by atoms with Gasteiger partial charge in [0.25, 0.3) is 5.91 Å². The van der Waals surface area contributed by atoms with Crippen LogP contribution in [0.2, 0.25) is 0 Å². The minimum Gasteiger partial charge on any atom is -0.322 e. The number of hydrogen-bond donors (Lipinski definition) is 1. The Morgan fingerprint density at radius 1 is 0.943 bits per heavy atom. The minimum absolute atomic E-state index is 0.0577. The molecule has 0 bridgehead atoms. The maximum absolute atomic E-state index is 14.1. The van der Waals surface area contributed by atoms with Gasteiger partial charge in [-0.1, -0.05) is 12.1 Å². The lowest BCUT2D eigenvalue weighted by Gasteiger charge is -2.36. The van der Waals surface area contributed by atoms with Gasteiger partial charge in [-0.25, -0.2) is 13.6 Å². The SMILES string of the molecule is O=C(Nc1cccc(N2CCCN(Cc3cc(F)ccc3F)C2=O)c1)c1cccc(C(F)(F)F)c1. The molecule has 4 rings (SSSR count). The molecule has 3 aromatic rings. The first-order valence-corrected chi connectivity index (χ1v) is 10.7. The van der Waals surface area contributed by atoms with Crippen LogP contribution in [0.5, 0.6) is 0 Å². The Balaban J connectivity index is 1.49. The van der Waals surface area contributed by atoms with Crippen LogP contribution in [0.3, 0.4) is 0 Å².